The molecule has 0 aliphatic rings. The van der Waals surface area contributed by atoms with Crippen molar-refractivity contribution in [2.45, 2.75) is 0 Å². The summed E-state index contributed by atoms with van der Waals surface area (Å²) in [6, 6.07) is 12.8. The monoisotopic (exact) mass is 366 g/mol. The van der Waals surface area contributed by atoms with Gasteiger partial charge in [0, 0.05) is 12.1 Å². The zero-order valence-electron chi connectivity index (χ0n) is 13.9. The molecular formula is C18H14N4O5. The first kappa shape index (κ1) is 16.7. The van der Waals surface area contributed by atoms with E-state index in [0.29, 0.717) is 22.5 Å². The molecule has 0 saturated carbocycles. The molecule has 27 heavy (non-hydrogen) atoms. The largest absolute Gasteiger partial charge is 0.506 e. The van der Waals surface area contributed by atoms with Crippen molar-refractivity contribution in [1.82, 2.24) is 15.0 Å². The van der Waals surface area contributed by atoms with E-state index >= 15 is 0 Å². The lowest BCUT2D eigenvalue weighted by Crippen LogP contribution is -2.01. The second kappa shape index (κ2) is 6.54. The Morgan fingerprint density at radius 1 is 1.04 bits per heavy atom. The summed E-state index contributed by atoms with van der Waals surface area (Å²) in [5, 5.41) is 40.3. The summed E-state index contributed by atoms with van der Waals surface area (Å²) >= 11 is 0. The highest BCUT2D eigenvalue weighted by molar-refractivity contribution is 5.88. The topological polar surface area (TPSA) is 124 Å². The SMILES string of the molecule is O=[N+]([O-])c1ccc2nn(-c3cc4cc(OCCO)ccc4cc3O)nc2c1. The van der Waals surface area contributed by atoms with Crippen LogP contribution in [0.3, 0.4) is 0 Å². The van der Waals surface area contributed by atoms with Gasteiger partial charge in [0.2, 0.25) is 0 Å². The van der Waals surface area contributed by atoms with Gasteiger partial charge < -0.3 is 14.9 Å². The fraction of sp³-hybridized carbons (Fsp3) is 0.111. The highest BCUT2D eigenvalue weighted by Gasteiger charge is 2.14. The van der Waals surface area contributed by atoms with Crippen molar-refractivity contribution in [1.29, 1.82) is 0 Å². The van der Waals surface area contributed by atoms with Crippen LogP contribution < -0.4 is 4.74 Å². The standard InChI is InChI=1S/C18H14N4O5/c23-5-6-27-14-3-1-11-9-18(24)17(8-12(11)7-14)21-19-15-4-2-13(22(25)26)10-16(15)20-21/h1-4,7-10,23-24H,5-6H2. The minimum Gasteiger partial charge on any atom is -0.506 e. The molecule has 9 heteroatoms. The molecule has 4 aromatic rings. The van der Waals surface area contributed by atoms with E-state index in [2.05, 4.69) is 10.2 Å². The first-order valence-electron chi connectivity index (χ1n) is 8.07. The van der Waals surface area contributed by atoms with E-state index in [9.17, 15) is 15.2 Å². The second-order valence-corrected chi connectivity index (χ2v) is 5.84. The lowest BCUT2D eigenvalue weighted by atomic mass is 10.1. The number of rotatable bonds is 5. The first-order valence-corrected chi connectivity index (χ1v) is 8.07. The number of non-ortho nitro benzene ring substituents is 1. The third kappa shape index (κ3) is 3.11. The quantitative estimate of drug-likeness (QED) is 0.411. The number of nitro groups is 1. The fourth-order valence-corrected chi connectivity index (χ4v) is 2.79. The molecule has 0 spiro atoms. The van der Waals surface area contributed by atoms with Crippen LogP contribution in [0.1, 0.15) is 0 Å². The summed E-state index contributed by atoms with van der Waals surface area (Å²) in [7, 11) is 0. The average molecular weight is 366 g/mol. The Kier molecular flexibility index (Phi) is 4.05. The number of hydrogen-bond donors (Lipinski definition) is 2. The van der Waals surface area contributed by atoms with Gasteiger partial charge in [-0.2, -0.15) is 0 Å². The van der Waals surface area contributed by atoms with Gasteiger partial charge in [-0.15, -0.1) is 15.0 Å². The summed E-state index contributed by atoms with van der Waals surface area (Å²) in [6.45, 7) is 0.0934. The van der Waals surface area contributed by atoms with Crippen molar-refractivity contribution < 1.29 is 19.9 Å². The maximum Gasteiger partial charge on any atom is 0.271 e. The van der Waals surface area contributed by atoms with Crippen molar-refractivity contribution in [3.8, 4) is 17.2 Å². The number of aliphatic hydroxyl groups is 1. The molecule has 0 aliphatic heterocycles. The molecule has 4 rings (SSSR count). The Balaban J connectivity index is 1.80. The second-order valence-electron chi connectivity index (χ2n) is 5.84. The molecule has 0 bridgehead atoms. The van der Waals surface area contributed by atoms with Crippen molar-refractivity contribution >= 4 is 27.5 Å². The summed E-state index contributed by atoms with van der Waals surface area (Å²) in [6.07, 6.45) is 0. The molecule has 0 unspecified atom stereocenters. The van der Waals surface area contributed by atoms with Gasteiger partial charge in [0.25, 0.3) is 5.69 Å². The molecule has 3 aromatic carbocycles. The number of fused-ring (bicyclic) bond motifs is 2. The molecule has 0 saturated heterocycles. The van der Waals surface area contributed by atoms with Crippen LogP contribution in [-0.4, -0.2) is 43.3 Å². The van der Waals surface area contributed by atoms with Gasteiger partial charge >= 0.3 is 0 Å². The number of aromatic hydroxyl groups is 1. The fourth-order valence-electron chi connectivity index (χ4n) is 2.79. The van der Waals surface area contributed by atoms with Crippen molar-refractivity contribution in [3.05, 3.63) is 58.6 Å². The number of phenolic OH excluding ortho intramolecular Hbond substituents is 1. The molecule has 0 aliphatic carbocycles. The van der Waals surface area contributed by atoms with Crippen molar-refractivity contribution in [2.75, 3.05) is 13.2 Å². The number of ether oxygens (including phenoxy) is 1. The van der Waals surface area contributed by atoms with E-state index in [1.54, 1.807) is 30.3 Å². The summed E-state index contributed by atoms with van der Waals surface area (Å²) in [5.74, 6) is 0.559. The molecule has 0 fully saturated rings. The number of benzene rings is 3. The van der Waals surface area contributed by atoms with Gasteiger partial charge in [-0.3, -0.25) is 10.1 Å². The Labute approximate surface area is 152 Å². The van der Waals surface area contributed by atoms with E-state index in [1.165, 1.54) is 23.0 Å². The normalized spacial score (nSPS) is 11.1. The van der Waals surface area contributed by atoms with E-state index in [0.717, 1.165) is 10.8 Å². The van der Waals surface area contributed by atoms with Gasteiger partial charge in [-0.05, 0) is 41.1 Å². The highest BCUT2D eigenvalue weighted by atomic mass is 16.6. The van der Waals surface area contributed by atoms with Crippen LogP contribution in [0.2, 0.25) is 0 Å². The maximum absolute atomic E-state index is 10.9. The van der Waals surface area contributed by atoms with Crippen LogP contribution in [0.4, 0.5) is 5.69 Å². The number of hydrogen-bond acceptors (Lipinski definition) is 7. The molecular weight excluding hydrogens is 352 g/mol. The molecule has 2 N–H and O–H groups in total. The van der Waals surface area contributed by atoms with Crippen molar-refractivity contribution in [2.24, 2.45) is 0 Å². The van der Waals surface area contributed by atoms with E-state index in [-0.39, 0.29) is 24.7 Å². The van der Waals surface area contributed by atoms with E-state index in [1.807, 2.05) is 0 Å². The molecule has 0 amide bonds. The Hall–Kier alpha value is -3.72. The number of phenols is 1. The summed E-state index contributed by atoms with van der Waals surface area (Å²) < 4.78 is 5.41. The lowest BCUT2D eigenvalue weighted by Gasteiger charge is -2.08. The van der Waals surface area contributed by atoms with E-state index < -0.39 is 4.92 Å². The van der Waals surface area contributed by atoms with Crippen molar-refractivity contribution in [3.63, 3.8) is 0 Å². The van der Waals surface area contributed by atoms with Crippen LogP contribution in [0.15, 0.2) is 48.5 Å². The van der Waals surface area contributed by atoms with Crippen LogP contribution in [0, 0.1) is 10.1 Å². The molecule has 9 nitrogen and oxygen atoms in total. The molecule has 1 aromatic heterocycles. The maximum atomic E-state index is 10.9. The minimum absolute atomic E-state index is 0.0265. The smallest absolute Gasteiger partial charge is 0.271 e. The number of aliphatic hydroxyl groups excluding tert-OH is 1. The first-order chi connectivity index (χ1) is 13.0. The average Bonchev–Trinajstić information content (AvgIpc) is 3.08. The number of nitrogens with zero attached hydrogens (tertiary/aromatic N) is 4. The van der Waals surface area contributed by atoms with Gasteiger partial charge in [-0.1, -0.05) is 6.07 Å². The highest BCUT2D eigenvalue weighted by Crippen LogP contribution is 2.30. The predicted octanol–water partition coefficient (Wildman–Crippen LogP) is 2.56. The summed E-state index contributed by atoms with van der Waals surface area (Å²) in [4.78, 5) is 11.7. The molecule has 1 heterocycles. The molecule has 136 valence electrons. The molecule has 0 atom stereocenters. The summed E-state index contributed by atoms with van der Waals surface area (Å²) in [5.41, 5.74) is 1.08. The number of aromatic nitrogens is 3. The zero-order valence-corrected chi connectivity index (χ0v) is 13.9. The zero-order chi connectivity index (χ0) is 19.0. The third-order valence-corrected chi connectivity index (χ3v) is 4.06. The minimum atomic E-state index is -0.500. The predicted molar refractivity (Wildman–Crippen MR) is 97.3 cm³/mol. The van der Waals surface area contributed by atoms with Gasteiger partial charge in [-0.25, -0.2) is 0 Å². The van der Waals surface area contributed by atoms with Gasteiger partial charge in [0.15, 0.2) is 0 Å². The Morgan fingerprint density at radius 2 is 1.85 bits per heavy atom. The van der Waals surface area contributed by atoms with Crippen LogP contribution >= 0.6 is 0 Å². The van der Waals surface area contributed by atoms with Gasteiger partial charge in [0.1, 0.15) is 34.8 Å². The van der Waals surface area contributed by atoms with Gasteiger partial charge in [0.05, 0.1) is 11.5 Å². The Bertz CT molecular complexity index is 1170. The van der Waals surface area contributed by atoms with Crippen LogP contribution in [-0.2, 0) is 0 Å². The number of nitro benzene ring substituents is 1. The van der Waals surface area contributed by atoms with Crippen LogP contribution in [0.25, 0.3) is 27.5 Å². The van der Waals surface area contributed by atoms with Crippen LogP contribution in [0.5, 0.6) is 11.5 Å². The third-order valence-electron chi connectivity index (χ3n) is 4.06. The van der Waals surface area contributed by atoms with E-state index in [4.69, 9.17) is 9.84 Å². The lowest BCUT2D eigenvalue weighted by molar-refractivity contribution is -0.384. The Morgan fingerprint density at radius 3 is 2.63 bits per heavy atom. The molecule has 0 radical (unpaired) electrons.